The fourth-order valence-electron chi connectivity index (χ4n) is 1.71. The van der Waals surface area contributed by atoms with Gasteiger partial charge in [0.15, 0.2) is 0 Å². The number of sulfonamides is 1. The Bertz CT molecular complexity index is 630. The number of nitrogen functional groups attached to an aromatic ring is 1. The highest BCUT2D eigenvalue weighted by Crippen LogP contribution is 2.31. The van der Waals surface area contributed by atoms with Gasteiger partial charge in [0.2, 0.25) is 10.0 Å². The van der Waals surface area contributed by atoms with Gasteiger partial charge >= 0.3 is 6.18 Å². The van der Waals surface area contributed by atoms with E-state index in [0.29, 0.717) is 9.87 Å². The van der Waals surface area contributed by atoms with E-state index in [0.717, 1.165) is 6.07 Å². The van der Waals surface area contributed by atoms with Crippen LogP contribution in [0.4, 0.5) is 18.9 Å². The molecule has 21 heavy (non-hydrogen) atoms. The van der Waals surface area contributed by atoms with Gasteiger partial charge in [0.25, 0.3) is 0 Å². The van der Waals surface area contributed by atoms with Gasteiger partial charge < -0.3 is 5.73 Å². The zero-order valence-corrected chi connectivity index (χ0v) is 13.3. The van der Waals surface area contributed by atoms with Crippen LogP contribution < -0.4 is 5.73 Å². The summed E-state index contributed by atoms with van der Waals surface area (Å²) in [5.41, 5.74) is 6.32. The van der Waals surface area contributed by atoms with E-state index in [4.69, 9.17) is 17.3 Å². The van der Waals surface area contributed by atoms with Crippen LogP contribution in [0.2, 0.25) is 5.02 Å². The molecule has 0 unspecified atom stereocenters. The first-order chi connectivity index (χ1) is 9.36. The maximum absolute atomic E-state index is 12.6. The number of nitrogens with two attached hydrogens (primary N) is 1. The van der Waals surface area contributed by atoms with E-state index in [2.05, 4.69) is 0 Å². The molecule has 120 valence electrons. The Hall–Kier alpha value is -0.990. The molecule has 0 spiro atoms. The number of aryl methyl sites for hydroxylation is 1. The van der Waals surface area contributed by atoms with E-state index in [9.17, 15) is 21.6 Å². The monoisotopic (exact) mass is 344 g/mol. The van der Waals surface area contributed by atoms with Crippen LogP contribution >= 0.6 is 11.6 Å². The van der Waals surface area contributed by atoms with Crippen molar-refractivity contribution >= 4 is 27.3 Å². The molecule has 0 saturated heterocycles. The van der Waals surface area contributed by atoms with Crippen molar-refractivity contribution in [3.63, 3.8) is 0 Å². The molecule has 0 radical (unpaired) electrons. The van der Waals surface area contributed by atoms with E-state index < -0.39 is 33.7 Å². The van der Waals surface area contributed by atoms with Gasteiger partial charge in [0, 0.05) is 11.7 Å². The molecule has 0 atom stereocenters. The number of hydrogen-bond acceptors (Lipinski definition) is 3. The average Bonchev–Trinajstić information content (AvgIpc) is 2.29. The smallest absolute Gasteiger partial charge is 0.398 e. The van der Waals surface area contributed by atoms with Crippen molar-refractivity contribution in [1.29, 1.82) is 0 Å². The first kappa shape index (κ1) is 18.1. The maximum Gasteiger partial charge on any atom is 0.402 e. The van der Waals surface area contributed by atoms with Gasteiger partial charge in [0.05, 0.1) is 5.02 Å². The molecule has 0 aliphatic rings. The molecule has 0 saturated carbocycles. The number of rotatable bonds is 4. The fraction of sp³-hybridized carbons (Fsp3) is 0.500. The second-order valence-electron chi connectivity index (χ2n) is 4.90. The summed E-state index contributed by atoms with van der Waals surface area (Å²) in [5, 5.41) is -0.158. The zero-order valence-electron chi connectivity index (χ0n) is 11.7. The lowest BCUT2D eigenvalue weighted by Crippen LogP contribution is -2.43. The lowest BCUT2D eigenvalue weighted by atomic mass is 10.2. The van der Waals surface area contributed by atoms with Crippen molar-refractivity contribution < 1.29 is 21.6 Å². The molecule has 1 rings (SSSR count). The Morgan fingerprint density at radius 3 is 2.29 bits per heavy atom. The summed E-state index contributed by atoms with van der Waals surface area (Å²) in [5.74, 6) is 0. The minimum atomic E-state index is -4.65. The number of halogens is 4. The molecule has 0 aliphatic carbocycles. The second kappa shape index (κ2) is 6.02. The van der Waals surface area contributed by atoms with Crippen LogP contribution in [0.25, 0.3) is 0 Å². The summed E-state index contributed by atoms with van der Waals surface area (Å²) in [6.45, 7) is 2.74. The second-order valence-corrected chi connectivity index (χ2v) is 7.16. The van der Waals surface area contributed by atoms with Crippen molar-refractivity contribution in [3.05, 3.63) is 22.7 Å². The first-order valence-electron chi connectivity index (χ1n) is 6.00. The highest BCUT2D eigenvalue weighted by molar-refractivity contribution is 7.89. The molecule has 0 aliphatic heterocycles. The topological polar surface area (TPSA) is 63.4 Å². The van der Waals surface area contributed by atoms with E-state index >= 15 is 0 Å². The molecule has 4 nitrogen and oxygen atoms in total. The molecule has 9 heteroatoms. The predicted molar refractivity (Wildman–Crippen MR) is 75.7 cm³/mol. The molecule has 0 bridgehead atoms. The van der Waals surface area contributed by atoms with Crippen molar-refractivity contribution in [3.8, 4) is 0 Å². The normalized spacial score (nSPS) is 13.2. The van der Waals surface area contributed by atoms with Crippen molar-refractivity contribution in [2.75, 3.05) is 12.3 Å². The van der Waals surface area contributed by atoms with Crippen molar-refractivity contribution in [1.82, 2.24) is 4.31 Å². The molecule has 0 amide bonds. The Labute approximate surface area is 126 Å². The lowest BCUT2D eigenvalue weighted by molar-refractivity contribution is -0.138. The number of alkyl halides is 3. The fourth-order valence-corrected chi connectivity index (χ4v) is 3.93. The SMILES string of the molecule is Cc1cc(Cl)c(S(=O)(=O)N(CC(F)(F)F)C(C)C)cc1N. The third-order valence-electron chi connectivity index (χ3n) is 2.82. The van der Waals surface area contributed by atoms with Gasteiger partial charge in [-0.2, -0.15) is 17.5 Å². The van der Waals surface area contributed by atoms with Crippen LogP contribution in [0.5, 0.6) is 0 Å². The molecule has 0 heterocycles. The number of anilines is 1. The van der Waals surface area contributed by atoms with Crippen molar-refractivity contribution in [2.24, 2.45) is 0 Å². The summed E-state index contributed by atoms with van der Waals surface area (Å²) < 4.78 is 63.0. The van der Waals surface area contributed by atoms with E-state index in [1.165, 1.54) is 19.9 Å². The largest absolute Gasteiger partial charge is 0.402 e. The standard InChI is InChI=1S/C12H16ClF3N2O2S/c1-7(2)18(6-12(14,15)16)21(19,20)11-5-10(17)8(3)4-9(11)13/h4-5,7H,6,17H2,1-3H3. The lowest BCUT2D eigenvalue weighted by Gasteiger charge is -2.27. The minimum absolute atomic E-state index is 0.147. The zero-order chi connectivity index (χ0) is 16.6. The van der Waals surface area contributed by atoms with Gasteiger partial charge in [-0.25, -0.2) is 8.42 Å². The third kappa shape index (κ3) is 4.24. The molecular formula is C12H16ClF3N2O2S. The number of benzene rings is 1. The molecule has 1 aromatic rings. The van der Waals surface area contributed by atoms with E-state index in [1.807, 2.05) is 0 Å². The highest BCUT2D eigenvalue weighted by atomic mass is 35.5. The van der Waals surface area contributed by atoms with E-state index in [-0.39, 0.29) is 10.7 Å². The van der Waals surface area contributed by atoms with Crippen LogP contribution in [0, 0.1) is 6.92 Å². The molecular weight excluding hydrogens is 329 g/mol. The van der Waals surface area contributed by atoms with Crippen LogP contribution in [-0.2, 0) is 10.0 Å². The van der Waals surface area contributed by atoms with Gasteiger partial charge in [-0.3, -0.25) is 0 Å². The number of nitrogens with zero attached hydrogens (tertiary/aromatic N) is 1. The highest BCUT2D eigenvalue weighted by Gasteiger charge is 2.39. The average molecular weight is 345 g/mol. The molecule has 0 fully saturated rings. The quantitative estimate of drug-likeness (QED) is 0.853. The summed E-state index contributed by atoms with van der Waals surface area (Å²) in [7, 11) is -4.40. The number of hydrogen-bond donors (Lipinski definition) is 1. The summed E-state index contributed by atoms with van der Waals surface area (Å²) in [6.07, 6.45) is -4.65. The van der Waals surface area contributed by atoms with Gasteiger partial charge in [-0.15, -0.1) is 0 Å². The Morgan fingerprint density at radius 1 is 1.33 bits per heavy atom. The van der Waals surface area contributed by atoms with Crippen LogP contribution in [-0.4, -0.2) is 31.5 Å². The van der Waals surface area contributed by atoms with Gasteiger partial charge in [-0.1, -0.05) is 11.6 Å². The van der Waals surface area contributed by atoms with Gasteiger partial charge in [0.1, 0.15) is 11.4 Å². The van der Waals surface area contributed by atoms with Crippen LogP contribution in [0.3, 0.4) is 0 Å². The third-order valence-corrected chi connectivity index (χ3v) is 5.30. The molecule has 2 N–H and O–H groups in total. The summed E-state index contributed by atoms with van der Waals surface area (Å²) >= 11 is 5.86. The Balaban J connectivity index is 3.40. The summed E-state index contributed by atoms with van der Waals surface area (Å²) in [6, 6.07) is 1.52. The molecule has 0 aromatic heterocycles. The van der Waals surface area contributed by atoms with Gasteiger partial charge in [-0.05, 0) is 38.5 Å². The minimum Gasteiger partial charge on any atom is -0.398 e. The Morgan fingerprint density at radius 2 is 1.86 bits per heavy atom. The summed E-state index contributed by atoms with van der Waals surface area (Å²) in [4.78, 5) is -0.426. The molecule has 1 aromatic carbocycles. The predicted octanol–water partition coefficient (Wildman–Crippen LogP) is 3.19. The van der Waals surface area contributed by atoms with Crippen LogP contribution in [0.15, 0.2) is 17.0 Å². The van der Waals surface area contributed by atoms with E-state index in [1.54, 1.807) is 6.92 Å². The maximum atomic E-state index is 12.6. The first-order valence-corrected chi connectivity index (χ1v) is 7.82. The Kier molecular flexibility index (Phi) is 5.18. The van der Waals surface area contributed by atoms with Crippen molar-refractivity contribution in [2.45, 2.75) is 37.9 Å². The van der Waals surface area contributed by atoms with Crippen LogP contribution in [0.1, 0.15) is 19.4 Å².